The molecule has 1 atom stereocenters. The Kier molecular flexibility index (Phi) is 8.17. The third kappa shape index (κ3) is 5.96. The molecule has 1 aromatic carbocycles. The highest BCUT2D eigenvalue weighted by Crippen LogP contribution is 2.34. The second-order valence-corrected chi connectivity index (χ2v) is 9.98. The van der Waals surface area contributed by atoms with Crippen molar-refractivity contribution >= 4 is 43.7 Å². The van der Waals surface area contributed by atoms with Crippen molar-refractivity contribution < 1.29 is 19.8 Å². The molecule has 0 aliphatic carbocycles. The minimum atomic E-state index is -0.762. The van der Waals surface area contributed by atoms with E-state index in [0.717, 1.165) is 57.7 Å². The van der Waals surface area contributed by atoms with Crippen LogP contribution in [0.5, 0.6) is 5.75 Å². The van der Waals surface area contributed by atoms with Crippen LogP contribution < -0.4 is 0 Å². The fourth-order valence-electron chi connectivity index (χ4n) is 4.43. The number of phenols is 1. The first kappa shape index (κ1) is 23.5. The molecule has 3 rings (SSSR count). The third-order valence-electron chi connectivity index (χ3n) is 6.10. The van der Waals surface area contributed by atoms with E-state index < -0.39 is 5.97 Å². The van der Waals surface area contributed by atoms with Gasteiger partial charge < -0.3 is 15.1 Å². The Labute approximate surface area is 194 Å². The summed E-state index contributed by atoms with van der Waals surface area (Å²) in [4.78, 5) is 30.2. The van der Waals surface area contributed by atoms with Crippen molar-refractivity contribution in [2.24, 2.45) is 5.92 Å². The highest BCUT2D eigenvalue weighted by Gasteiger charge is 2.30. The quantitative estimate of drug-likeness (QED) is 0.571. The van der Waals surface area contributed by atoms with E-state index >= 15 is 0 Å². The zero-order valence-corrected chi connectivity index (χ0v) is 20.4. The van der Waals surface area contributed by atoms with Gasteiger partial charge in [0.2, 0.25) is 5.91 Å². The molecule has 1 aromatic rings. The molecule has 166 valence electrons. The third-order valence-corrected chi connectivity index (χ3v) is 7.31. The number of hydrogen-bond acceptors (Lipinski definition) is 5. The van der Waals surface area contributed by atoms with Crippen LogP contribution in [0.2, 0.25) is 0 Å². The van der Waals surface area contributed by atoms with Gasteiger partial charge in [-0.3, -0.25) is 19.4 Å². The predicted octanol–water partition coefficient (Wildman–Crippen LogP) is 2.79. The minimum Gasteiger partial charge on any atom is -0.506 e. The maximum absolute atomic E-state index is 12.9. The van der Waals surface area contributed by atoms with Crippen molar-refractivity contribution in [3.8, 4) is 5.75 Å². The lowest BCUT2D eigenvalue weighted by molar-refractivity contribution is -0.138. The molecular formula is C21H29Br2N3O4. The first-order valence-corrected chi connectivity index (χ1v) is 12.0. The summed E-state index contributed by atoms with van der Waals surface area (Å²) in [5.41, 5.74) is 0.999. The summed E-state index contributed by atoms with van der Waals surface area (Å²) in [6.45, 7) is 6.96. The van der Waals surface area contributed by atoms with Crippen LogP contribution in [0, 0.1) is 5.92 Å². The number of rotatable bonds is 6. The van der Waals surface area contributed by atoms with Crippen LogP contribution >= 0.6 is 31.9 Å². The minimum absolute atomic E-state index is 0.126. The van der Waals surface area contributed by atoms with E-state index in [0.29, 0.717) is 21.4 Å². The van der Waals surface area contributed by atoms with E-state index in [1.165, 1.54) is 0 Å². The molecule has 2 aliphatic heterocycles. The first-order chi connectivity index (χ1) is 14.2. The summed E-state index contributed by atoms with van der Waals surface area (Å²) in [7, 11) is 0. The number of piperidine rings is 1. The van der Waals surface area contributed by atoms with Crippen molar-refractivity contribution in [1.82, 2.24) is 14.7 Å². The van der Waals surface area contributed by atoms with E-state index in [9.17, 15) is 14.7 Å². The molecule has 2 N–H and O–H groups in total. The number of likely N-dealkylation sites (tertiary alicyclic amines) is 1. The Balaban J connectivity index is 1.46. The number of piperazine rings is 1. The number of amides is 1. The standard InChI is InChI=1S/C21H29Br2N3O4/c1-14(10-15-11-17(22)20(29)18(23)12-15)21(30)26-8-6-25(7-9-26)16-2-4-24(5-3-16)13-19(27)28/h11-12,14,16,29H,2-10,13H2,1H3,(H,27,28)/t14-/m1/s1. The molecule has 0 saturated carbocycles. The number of aliphatic carboxylic acids is 1. The highest BCUT2D eigenvalue weighted by atomic mass is 79.9. The average molecular weight is 547 g/mol. The molecule has 30 heavy (non-hydrogen) atoms. The molecule has 7 nitrogen and oxygen atoms in total. The van der Waals surface area contributed by atoms with Crippen molar-refractivity contribution in [1.29, 1.82) is 0 Å². The number of phenolic OH excluding ortho intramolecular Hbond substituents is 1. The van der Waals surface area contributed by atoms with Gasteiger partial charge in [-0.1, -0.05) is 6.92 Å². The van der Waals surface area contributed by atoms with Crippen molar-refractivity contribution in [2.75, 3.05) is 45.8 Å². The Morgan fingerprint density at radius 2 is 1.63 bits per heavy atom. The van der Waals surface area contributed by atoms with Gasteiger partial charge in [0.25, 0.3) is 0 Å². The van der Waals surface area contributed by atoms with E-state index in [-0.39, 0.29) is 24.1 Å². The lowest BCUT2D eigenvalue weighted by Gasteiger charge is -2.43. The van der Waals surface area contributed by atoms with Gasteiger partial charge in [-0.25, -0.2) is 0 Å². The molecule has 1 amide bonds. The van der Waals surface area contributed by atoms with Gasteiger partial charge in [-0.05, 0) is 68.8 Å². The number of halogens is 2. The summed E-state index contributed by atoms with van der Waals surface area (Å²) >= 11 is 6.69. The molecule has 0 unspecified atom stereocenters. The van der Waals surface area contributed by atoms with E-state index in [2.05, 4.69) is 36.8 Å². The number of nitrogens with zero attached hydrogens (tertiary/aromatic N) is 3. The van der Waals surface area contributed by atoms with Gasteiger partial charge in [0.1, 0.15) is 5.75 Å². The molecular weight excluding hydrogens is 518 g/mol. The molecule has 2 fully saturated rings. The second kappa shape index (κ2) is 10.4. The average Bonchev–Trinajstić information content (AvgIpc) is 2.71. The lowest BCUT2D eigenvalue weighted by Crippen LogP contribution is -2.55. The normalized spacial score (nSPS) is 20.3. The van der Waals surface area contributed by atoms with E-state index in [1.54, 1.807) is 0 Å². The van der Waals surface area contributed by atoms with Gasteiger partial charge in [-0.15, -0.1) is 0 Å². The lowest BCUT2D eigenvalue weighted by atomic mass is 9.98. The van der Waals surface area contributed by atoms with Crippen LogP contribution in [0.15, 0.2) is 21.1 Å². The Hall–Kier alpha value is -1.16. The Morgan fingerprint density at radius 1 is 1.07 bits per heavy atom. The van der Waals surface area contributed by atoms with Gasteiger partial charge in [0.15, 0.2) is 0 Å². The highest BCUT2D eigenvalue weighted by molar-refractivity contribution is 9.11. The molecule has 2 saturated heterocycles. The van der Waals surface area contributed by atoms with Crippen molar-refractivity contribution in [2.45, 2.75) is 32.2 Å². The molecule has 9 heteroatoms. The largest absolute Gasteiger partial charge is 0.506 e. The SMILES string of the molecule is C[C@H](Cc1cc(Br)c(O)c(Br)c1)C(=O)N1CCN(C2CCN(CC(=O)O)CC2)CC1. The number of carboxylic acids is 1. The molecule has 2 heterocycles. The van der Waals surface area contributed by atoms with Gasteiger partial charge in [0.05, 0.1) is 15.5 Å². The maximum atomic E-state index is 12.9. The van der Waals surface area contributed by atoms with Crippen molar-refractivity contribution in [3.05, 3.63) is 26.6 Å². The first-order valence-electron chi connectivity index (χ1n) is 10.4. The second-order valence-electron chi connectivity index (χ2n) is 8.28. The maximum Gasteiger partial charge on any atom is 0.317 e. The van der Waals surface area contributed by atoms with Crippen LogP contribution in [0.3, 0.4) is 0 Å². The van der Waals surface area contributed by atoms with Crippen LogP contribution in [0.4, 0.5) is 0 Å². The molecule has 0 aromatic heterocycles. The molecule has 0 bridgehead atoms. The number of carboxylic acid groups (broad SMARTS) is 1. The summed E-state index contributed by atoms with van der Waals surface area (Å²) in [6, 6.07) is 4.20. The molecule has 0 spiro atoms. The monoisotopic (exact) mass is 545 g/mol. The summed E-state index contributed by atoms with van der Waals surface area (Å²) < 4.78 is 1.24. The van der Waals surface area contributed by atoms with Gasteiger partial charge >= 0.3 is 5.97 Å². The number of benzene rings is 1. The zero-order chi connectivity index (χ0) is 21.8. The topological polar surface area (TPSA) is 84.3 Å². The van der Waals surface area contributed by atoms with E-state index in [4.69, 9.17) is 5.11 Å². The Bertz CT molecular complexity index is 753. The summed E-state index contributed by atoms with van der Waals surface area (Å²) in [6.07, 6.45) is 2.60. The fourth-order valence-corrected chi connectivity index (χ4v) is 5.71. The Morgan fingerprint density at radius 3 is 2.17 bits per heavy atom. The number of aromatic hydroxyl groups is 1. The van der Waals surface area contributed by atoms with Crippen LogP contribution in [0.25, 0.3) is 0 Å². The molecule has 2 aliphatic rings. The van der Waals surface area contributed by atoms with Crippen LogP contribution in [0.1, 0.15) is 25.3 Å². The van der Waals surface area contributed by atoms with Crippen LogP contribution in [-0.4, -0.2) is 88.6 Å². The van der Waals surface area contributed by atoms with Gasteiger partial charge in [-0.2, -0.15) is 0 Å². The number of carbonyl (C=O) groups is 2. The summed E-state index contributed by atoms with van der Waals surface area (Å²) in [5.74, 6) is -0.547. The molecule has 0 radical (unpaired) electrons. The zero-order valence-electron chi connectivity index (χ0n) is 17.2. The van der Waals surface area contributed by atoms with Crippen molar-refractivity contribution in [3.63, 3.8) is 0 Å². The smallest absolute Gasteiger partial charge is 0.317 e. The fraction of sp³-hybridized carbons (Fsp3) is 0.619. The summed E-state index contributed by atoms with van der Waals surface area (Å²) in [5, 5.41) is 18.8. The van der Waals surface area contributed by atoms with E-state index in [1.807, 2.05) is 28.9 Å². The van der Waals surface area contributed by atoms with Gasteiger partial charge in [0, 0.05) is 51.2 Å². The number of hydrogen-bond donors (Lipinski definition) is 2. The van der Waals surface area contributed by atoms with Crippen LogP contribution in [-0.2, 0) is 16.0 Å². The number of carbonyl (C=O) groups excluding carboxylic acids is 1. The predicted molar refractivity (Wildman–Crippen MR) is 122 cm³/mol.